The molecule has 1 unspecified atom stereocenters. The zero-order valence-corrected chi connectivity index (χ0v) is 19.3. The van der Waals surface area contributed by atoms with E-state index in [0.717, 1.165) is 22.3 Å². The monoisotopic (exact) mass is 452 g/mol. The van der Waals surface area contributed by atoms with E-state index < -0.39 is 30.1 Å². The molecule has 0 heterocycles. The zero-order chi connectivity index (χ0) is 24.0. The molecule has 0 spiro atoms. The molecule has 1 aliphatic rings. The van der Waals surface area contributed by atoms with Crippen LogP contribution in [0.15, 0.2) is 48.5 Å². The number of nitrogens with one attached hydrogen (secondary N) is 2. The third-order valence-corrected chi connectivity index (χ3v) is 6.37. The van der Waals surface area contributed by atoms with E-state index in [0.29, 0.717) is 12.8 Å². The highest BCUT2D eigenvalue weighted by Gasteiger charge is 2.31. The van der Waals surface area contributed by atoms with Crippen LogP contribution in [0.5, 0.6) is 0 Å². The van der Waals surface area contributed by atoms with Gasteiger partial charge in [-0.2, -0.15) is 0 Å². The highest BCUT2D eigenvalue weighted by Crippen LogP contribution is 2.44. The Morgan fingerprint density at radius 3 is 2.03 bits per heavy atom. The van der Waals surface area contributed by atoms with Gasteiger partial charge in [-0.05, 0) is 34.6 Å². The van der Waals surface area contributed by atoms with Gasteiger partial charge >= 0.3 is 12.1 Å². The van der Waals surface area contributed by atoms with Crippen molar-refractivity contribution in [1.82, 2.24) is 10.6 Å². The summed E-state index contributed by atoms with van der Waals surface area (Å²) in [6.07, 6.45) is 0.317. The van der Waals surface area contributed by atoms with E-state index in [1.165, 1.54) is 0 Å². The van der Waals surface area contributed by atoms with Gasteiger partial charge in [0.1, 0.15) is 12.6 Å². The van der Waals surface area contributed by atoms with Crippen molar-refractivity contribution in [2.45, 2.75) is 58.0 Å². The Bertz CT molecular complexity index is 960. The van der Waals surface area contributed by atoms with Gasteiger partial charge < -0.3 is 20.5 Å². The van der Waals surface area contributed by atoms with Crippen molar-refractivity contribution in [2.24, 2.45) is 5.92 Å². The minimum Gasteiger partial charge on any atom is -0.481 e. The van der Waals surface area contributed by atoms with Crippen molar-refractivity contribution in [3.05, 3.63) is 59.7 Å². The summed E-state index contributed by atoms with van der Waals surface area (Å²) in [7, 11) is 0. The third-order valence-electron chi connectivity index (χ3n) is 6.37. The largest absolute Gasteiger partial charge is 0.481 e. The average Bonchev–Trinajstić information content (AvgIpc) is 3.13. The number of carboxylic acid groups (broad SMARTS) is 1. The molecule has 0 saturated carbocycles. The fourth-order valence-electron chi connectivity index (χ4n) is 4.27. The summed E-state index contributed by atoms with van der Waals surface area (Å²) < 4.78 is 5.59. The molecular weight excluding hydrogens is 420 g/mol. The molecule has 2 amide bonds. The molecule has 0 fully saturated rings. The lowest BCUT2D eigenvalue weighted by Gasteiger charge is -2.26. The zero-order valence-electron chi connectivity index (χ0n) is 19.3. The number of amides is 2. The normalized spacial score (nSPS) is 15.0. The quantitative estimate of drug-likeness (QED) is 0.498. The number of aliphatic carboxylic acids is 1. The van der Waals surface area contributed by atoms with Crippen LogP contribution in [0.1, 0.15) is 57.1 Å². The van der Waals surface area contributed by atoms with Gasteiger partial charge in [0, 0.05) is 12.0 Å². The van der Waals surface area contributed by atoms with E-state index in [1.807, 2.05) is 57.2 Å². The molecule has 1 aliphatic carbocycles. The highest BCUT2D eigenvalue weighted by atomic mass is 16.5. The first kappa shape index (κ1) is 24.3. The molecular formula is C26H32N2O5. The molecule has 0 saturated heterocycles. The van der Waals surface area contributed by atoms with Crippen molar-refractivity contribution in [2.75, 3.05) is 6.61 Å². The maximum atomic E-state index is 12.8. The molecule has 33 heavy (non-hydrogen) atoms. The van der Waals surface area contributed by atoms with E-state index >= 15 is 0 Å². The van der Waals surface area contributed by atoms with Gasteiger partial charge in [-0.15, -0.1) is 0 Å². The van der Waals surface area contributed by atoms with Gasteiger partial charge in [-0.3, -0.25) is 9.59 Å². The Labute approximate surface area is 194 Å². The van der Waals surface area contributed by atoms with Crippen LogP contribution in [0, 0.1) is 5.92 Å². The molecule has 0 aromatic heterocycles. The number of benzene rings is 2. The van der Waals surface area contributed by atoms with Gasteiger partial charge in [-0.25, -0.2) is 4.79 Å². The highest BCUT2D eigenvalue weighted by molar-refractivity contribution is 5.86. The van der Waals surface area contributed by atoms with Gasteiger partial charge in [0.05, 0.1) is 6.42 Å². The summed E-state index contributed by atoms with van der Waals surface area (Å²) in [6, 6.07) is 14.9. The molecule has 2 aromatic rings. The number of ether oxygens (including phenoxy) is 1. The van der Waals surface area contributed by atoms with Gasteiger partial charge in [0.15, 0.2) is 0 Å². The molecule has 0 aliphatic heterocycles. The molecule has 2 aromatic carbocycles. The minimum absolute atomic E-state index is 0.0703. The standard InChI is InChI=1S/C26H32N2O5/c1-4-16(3)24(25(31)27-17(5-2)14-23(29)30)28-26(32)33-15-22-20-12-8-6-10-18(20)19-11-7-9-13-21(19)22/h6-13,16-17,22,24H,4-5,14-15H2,1-3H3,(H,27,31)(H,28,32)(H,29,30)/t16?,17-,24+/m1/s1. The maximum Gasteiger partial charge on any atom is 0.407 e. The van der Waals surface area contributed by atoms with Crippen molar-refractivity contribution >= 4 is 18.0 Å². The van der Waals surface area contributed by atoms with Crippen LogP contribution in [0.25, 0.3) is 11.1 Å². The number of alkyl carbamates (subject to hydrolysis) is 1. The molecule has 3 rings (SSSR count). The maximum absolute atomic E-state index is 12.8. The molecule has 3 atom stereocenters. The molecule has 0 radical (unpaired) electrons. The van der Waals surface area contributed by atoms with Crippen molar-refractivity contribution in [3.63, 3.8) is 0 Å². The summed E-state index contributed by atoms with van der Waals surface area (Å²) in [6.45, 7) is 5.77. The van der Waals surface area contributed by atoms with Gasteiger partial charge in [0.2, 0.25) is 5.91 Å². The number of rotatable bonds is 10. The van der Waals surface area contributed by atoms with E-state index in [-0.39, 0.29) is 24.9 Å². The van der Waals surface area contributed by atoms with E-state index in [2.05, 4.69) is 22.8 Å². The van der Waals surface area contributed by atoms with Crippen LogP contribution in [-0.2, 0) is 14.3 Å². The third kappa shape index (κ3) is 5.72. The Kier molecular flexibility index (Phi) is 8.09. The van der Waals surface area contributed by atoms with Crippen LogP contribution < -0.4 is 10.6 Å². The lowest BCUT2D eigenvalue weighted by molar-refractivity contribution is -0.137. The smallest absolute Gasteiger partial charge is 0.407 e. The Hall–Kier alpha value is -3.35. The fraction of sp³-hybridized carbons (Fsp3) is 0.423. The molecule has 176 valence electrons. The fourth-order valence-corrected chi connectivity index (χ4v) is 4.27. The SMILES string of the molecule is CCC(C)[C@H](NC(=O)OCC1c2ccccc2-c2ccccc21)C(=O)N[C@H](CC)CC(=O)O. The van der Waals surface area contributed by atoms with Gasteiger partial charge in [-0.1, -0.05) is 75.7 Å². The lowest BCUT2D eigenvalue weighted by Crippen LogP contribution is -2.53. The second-order valence-electron chi connectivity index (χ2n) is 8.54. The molecule has 0 bridgehead atoms. The summed E-state index contributed by atoms with van der Waals surface area (Å²) in [5.41, 5.74) is 4.51. The van der Waals surface area contributed by atoms with E-state index in [9.17, 15) is 14.4 Å². The number of hydrogen-bond acceptors (Lipinski definition) is 4. The predicted molar refractivity (Wildman–Crippen MR) is 126 cm³/mol. The van der Waals surface area contributed by atoms with Crippen molar-refractivity contribution in [3.8, 4) is 11.1 Å². The second-order valence-corrected chi connectivity index (χ2v) is 8.54. The van der Waals surface area contributed by atoms with Crippen LogP contribution in [0.2, 0.25) is 0 Å². The summed E-state index contributed by atoms with van der Waals surface area (Å²) in [5.74, 6) is -1.59. The Morgan fingerprint density at radius 1 is 0.939 bits per heavy atom. The first-order chi connectivity index (χ1) is 15.8. The van der Waals surface area contributed by atoms with Gasteiger partial charge in [0.25, 0.3) is 0 Å². The number of fused-ring (bicyclic) bond motifs is 3. The summed E-state index contributed by atoms with van der Waals surface area (Å²) >= 11 is 0. The molecule has 7 heteroatoms. The topological polar surface area (TPSA) is 105 Å². The van der Waals surface area contributed by atoms with Crippen molar-refractivity contribution in [1.29, 1.82) is 0 Å². The first-order valence-corrected chi connectivity index (χ1v) is 11.5. The van der Waals surface area contributed by atoms with Crippen LogP contribution in [0.4, 0.5) is 4.79 Å². The van der Waals surface area contributed by atoms with E-state index in [4.69, 9.17) is 9.84 Å². The predicted octanol–water partition coefficient (Wildman–Crippen LogP) is 4.31. The van der Waals surface area contributed by atoms with Crippen molar-refractivity contribution < 1.29 is 24.2 Å². The number of carbonyl (C=O) groups excluding carboxylic acids is 2. The van der Waals surface area contributed by atoms with Crippen LogP contribution in [-0.4, -0.2) is 41.8 Å². The lowest BCUT2D eigenvalue weighted by atomic mass is 9.97. The molecule has 3 N–H and O–H groups in total. The number of hydrogen-bond donors (Lipinski definition) is 3. The average molecular weight is 453 g/mol. The molecule has 7 nitrogen and oxygen atoms in total. The second kappa shape index (κ2) is 11.0. The number of carboxylic acids is 1. The Balaban J connectivity index is 1.66. The van der Waals surface area contributed by atoms with E-state index in [1.54, 1.807) is 0 Å². The minimum atomic E-state index is -0.980. The van der Waals surface area contributed by atoms with Crippen LogP contribution >= 0.6 is 0 Å². The first-order valence-electron chi connectivity index (χ1n) is 11.5. The summed E-state index contributed by atoms with van der Waals surface area (Å²) in [4.78, 5) is 36.6. The number of carbonyl (C=O) groups is 3. The summed E-state index contributed by atoms with van der Waals surface area (Å²) in [5, 5.41) is 14.5. The van der Waals surface area contributed by atoms with Crippen LogP contribution in [0.3, 0.4) is 0 Å². The Morgan fingerprint density at radius 2 is 1.52 bits per heavy atom.